The highest BCUT2D eigenvalue weighted by Crippen LogP contribution is 2.19. The highest BCUT2D eigenvalue weighted by atomic mass is 16.5. The quantitative estimate of drug-likeness (QED) is 0.627. The maximum absolute atomic E-state index is 10.9. The monoisotopic (exact) mass is 173 g/mol. The van der Waals surface area contributed by atoms with Gasteiger partial charge < -0.3 is 10.5 Å². The fourth-order valence-corrected chi connectivity index (χ4v) is 0.660. The summed E-state index contributed by atoms with van der Waals surface area (Å²) in [5.41, 5.74) is 4.25. The molecule has 0 heterocycles. The predicted octanol–water partition coefficient (Wildman–Crippen LogP) is 0.451. The molecule has 70 valence electrons. The molecule has 0 saturated heterocycles. The Kier molecular flexibility index (Phi) is 3.73. The van der Waals surface area contributed by atoms with Gasteiger partial charge in [0.1, 0.15) is 0 Å². The van der Waals surface area contributed by atoms with Crippen molar-refractivity contribution in [2.45, 2.75) is 27.2 Å². The molecule has 0 bridgehead atoms. The van der Waals surface area contributed by atoms with Crippen LogP contribution in [0.15, 0.2) is 0 Å². The van der Waals surface area contributed by atoms with Crippen LogP contribution in [0.4, 0.5) is 0 Å². The van der Waals surface area contributed by atoms with Crippen LogP contribution < -0.4 is 5.73 Å². The van der Waals surface area contributed by atoms with Gasteiger partial charge in [-0.1, -0.05) is 13.8 Å². The average molecular weight is 173 g/mol. The third-order valence-electron chi connectivity index (χ3n) is 1.56. The summed E-state index contributed by atoms with van der Waals surface area (Å²) in [6.07, 6.45) is 0.0379. The minimum Gasteiger partial charge on any atom is -0.466 e. The predicted molar refractivity (Wildman–Crippen MR) is 44.2 cm³/mol. The zero-order valence-electron chi connectivity index (χ0n) is 7.72. The van der Waals surface area contributed by atoms with Crippen molar-refractivity contribution < 1.29 is 14.3 Å². The molecule has 0 aliphatic rings. The van der Waals surface area contributed by atoms with Crippen molar-refractivity contribution in [1.29, 1.82) is 0 Å². The van der Waals surface area contributed by atoms with E-state index in [1.165, 1.54) is 0 Å². The number of carbonyl (C=O) groups excluding carboxylic acids is 2. The number of ether oxygens (including phenoxy) is 1. The van der Waals surface area contributed by atoms with Crippen LogP contribution in [0.3, 0.4) is 0 Å². The molecular formula is C8H15NO3. The van der Waals surface area contributed by atoms with E-state index in [0.29, 0.717) is 6.61 Å². The van der Waals surface area contributed by atoms with Crippen LogP contribution in [0.1, 0.15) is 27.2 Å². The van der Waals surface area contributed by atoms with E-state index in [1.54, 1.807) is 20.8 Å². The molecule has 0 aliphatic carbocycles. The molecule has 0 aromatic carbocycles. The second kappa shape index (κ2) is 4.09. The first-order chi connectivity index (χ1) is 5.40. The van der Waals surface area contributed by atoms with Crippen LogP contribution in [0, 0.1) is 5.41 Å². The second-order valence-corrected chi connectivity index (χ2v) is 3.23. The first-order valence-electron chi connectivity index (χ1n) is 3.85. The molecule has 0 aromatic rings. The van der Waals surface area contributed by atoms with E-state index in [4.69, 9.17) is 5.73 Å². The lowest BCUT2D eigenvalue weighted by atomic mass is 9.89. The summed E-state index contributed by atoms with van der Waals surface area (Å²) in [4.78, 5) is 21.7. The fraction of sp³-hybridized carbons (Fsp3) is 0.750. The first-order valence-corrected chi connectivity index (χ1v) is 3.85. The summed E-state index contributed by atoms with van der Waals surface area (Å²) < 4.78 is 4.68. The van der Waals surface area contributed by atoms with Crippen molar-refractivity contribution in [1.82, 2.24) is 0 Å². The van der Waals surface area contributed by atoms with Gasteiger partial charge in [0.25, 0.3) is 0 Å². The Hall–Kier alpha value is -1.06. The lowest BCUT2D eigenvalue weighted by Crippen LogP contribution is -2.34. The number of nitrogens with two attached hydrogens (primary N) is 1. The summed E-state index contributed by atoms with van der Waals surface area (Å²) in [5.74, 6) is -0.878. The molecule has 0 rings (SSSR count). The molecule has 0 fully saturated rings. The third-order valence-corrected chi connectivity index (χ3v) is 1.56. The normalized spacial score (nSPS) is 10.9. The van der Waals surface area contributed by atoms with Crippen molar-refractivity contribution in [2.24, 2.45) is 11.1 Å². The van der Waals surface area contributed by atoms with Crippen LogP contribution in [0.5, 0.6) is 0 Å². The lowest BCUT2D eigenvalue weighted by Gasteiger charge is -2.18. The summed E-state index contributed by atoms with van der Waals surface area (Å²) in [6.45, 7) is 5.28. The number of amides is 1. The number of hydrogen-bond acceptors (Lipinski definition) is 3. The molecule has 0 aliphatic heterocycles. The Morgan fingerprint density at radius 1 is 1.42 bits per heavy atom. The van der Waals surface area contributed by atoms with Gasteiger partial charge in [0.2, 0.25) is 5.91 Å². The summed E-state index contributed by atoms with van der Waals surface area (Å²) in [6, 6.07) is 0. The molecule has 4 heteroatoms. The van der Waals surface area contributed by atoms with Crippen molar-refractivity contribution in [2.75, 3.05) is 6.61 Å². The molecule has 1 amide bonds. The number of esters is 1. The topological polar surface area (TPSA) is 69.4 Å². The Morgan fingerprint density at radius 2 is 1.92 bits per heavy atom. The summed E-state index contributed by atoms with van der Waals surface area (Å²) in [5, 5.41) is 0. The van der Waals surface area contributed by atoms with Crippen LogP contribution in [-0.4, -0.2) is 18.5 Å². The average Bonchev–Trinajstić information content (AvgIpc) is 1.85. The maximum Gasteiger partial charge on any atom is 0.306 e. The highest BCUT2D eigenvalue weighted by molar-refractivity contribution is 5.85. The highest BCUT2D eigenvalue weighted by Gasteiger charge is 2.28. The van der Waals surface area contributed by atoms with Gasteiger partial charge in [-0.15, -0.1) is 0 Å². The zero-order chi connectivity index (χ0) is 9.78. The van der Waals surface area contributed by atoms with E-state index in [2.05, 4.69) is 4.74 Å². The SMILES string of the molecule is CCOC(=O)CC(C)(C)C(N)=O. The molecule has 0 spiro atoms. The van der Waals surface area contributed by atoms with Crippen LogP contribution in [-0.2, 0) is 14.3 Å². The lowest BCUT2D eigenvalue weighted by molar-refractivity contribution is -0.148. The summed E-state index contributed by atoms with van der Waals surface area (Å²) in [7, 11) is 0. The van der Waals surface area contributed by atoms with Crippen molar-refractivity contribution in [3.8, 4) is 0 Å². The van der Waals surface area contributed by atoms with Crippen LogP contribution >= 0.6 is 0 Å². The molecule has 0 aromatic heterocycles. The van der Waals surface area contributed by atoms with Gasteiger partial charge in [0.15, 0.2) is 0 Å². The Labute approximate surface area is 72.1 Å². The number of carbonyl (C=O) groups is 2. The van der Waals surface area contributed by atoms with E-state index < -0.39 is 11.3 Å². The number of hydrogen-bond donors (Lipinski definition) is 1. The first kappa shape index (κ1) is 10.9. The van der Waals surface area contributed by atoms with Crippen molar-refractivity contribution >= 4 is 11.9 Å². The van der Waals surface area contributed by atoms with E-state index in [1.807, 2.05) is 0 Å². The summed E-state index contributed by atoms with van der Waals surface area (Å²) >= 11 is 0. The largest absolute Gasteiger partial charge is 0.466 e. The fourth-order valence-electron chi connectivity index (χ4n) is 0.660. The molecule has 4 nitrogen and oxygen atoms in total. The standard InChI is InChI=1S/C8H15NO3/c1-4-12-6(10)5-8(2,3)7(9)11/h4-5H2,1-3H3,(H2,9,11). The van der Waals surface area contributed by atoms with E-state index in [-0.39, 0.29) is 12.4 Å². The van der Waals surface area contributed by atoms with Crippen LogP contribution in [0.2, 0.25) is 0 Å². The molecular weight excluding hydrogens is 158 g/mol. The van der Waals surface area contributed by atoms with Crippen molar-refractivity contribution in [3.05, 3.63) is 0 Å². The van der Waals surface area contributed by atoms with Gasteiger partial charge in [0, 0.05) is 0 Å². The van der Waals surface area contributed by atoms with Gasteiger partial charge in [0.05, 0.1) is 18.4 Å². The van der Waals surface area contributed by atoms with Gasteiger partial charge in [-0.25, -0.2) is 0 Å². The Balaban J connectivity index is 4.06. The van der Waals surface area contributed by atoms with Gasteiger partial charge in [-0.3, -0.25) is 9.59 Å². The second-order valence-electron chi connectivity index (χ2n) is 3.23. The number of rotatable bonds is 4. The number of primary amides is 1. The Bertz CT molecular complexity index is 187. The molecule has 0 unspecified atom stereocenters. The maximum atomic E-state index is 10.9. The minimum atomic E-state index is -0.813. The minimum absolute atomic E-state index is 0.0379. The molecule has 12 heavy (non-hydrogen) atoms. The van der Waals surface area contributed by atoms with E-state index >= 15 is 0 Å². The molecule has 0 saturated carbocycles. The van der Waals surface area contributed by atoms with Gasteiger partial charge in [-0.2, -0.15) is 0 Å². The van der Waals surface area contributed by atoms with E-state index in [0.717, 1.165) is 0 Å². The molecule has 0 radical (unpaired) electrons. The van der Waals surface area contributed by atoms with Gasteiger partial charge >= 0.3 is 5.97 Å². The van der Waals surface area contributed by atoms with Crippen LogP contribution in [0.25, 0.3) is 0 Å². The van der Waals surface area contributed by atoms with E-state index in [9.17, 15) is 9.59 Å². The smallest absolute Gasteiger partial charge is 0.306 e. The zero-order valence-corrected chi connectivity index (χ0v) is 7.72. The van der Waals surface area contributed by atoms with Crippen molar-refractivity contribution in [3.63, 3.8) is 0 Å². The van der Waals surface area contributed by atoms with Gasteiger partial charge in [-0.05, 0) is 6.92 Å². The Morgan fingerprint density at radius 3 is 2.25 bits per heavy atom. The molecule has 2 N–H and O–H groups in total. The molecule has 0 atom stereocenters. The third kappa shape index (κ3) is 3.37.